The lowest BCUT2D eigenvalue weighted by atomic mass is 10.3. The fourth-order valence-corrected chi connectivity index (χ4v) is 3.13. The van der Waals surface area contributed by atoms with Gasteiger partial charge in [0, 0.05) is 18.0 Å². The molecule has 7 heteroatoms. The highest BCUT2D eigenvalue weighted by molar-refractivity contribution is 7.98. The molecule has 3 aromatic rings. The number of carbonyl (C=O) groups is 1. The second-order valence-corrected chi connectivity index (χ2v) is 6.08. The summed E-state index contributed by atoms with van der Waals surface area (Å²) in [5.74, 6) is 0.360. The Morgan fingerprint density at radius 1 is 1.38 bits per heavy atom. The maximum Gasteiger partial charge on any atom is 0.335 e. The van der Waals surface area contributed by atoms with Gasteiger partial charge < -0.3 is 9.63 Å². The van der Waals surface area contributed by atoms with Gasteiger partial charge in [0.25, 0.3) is 0 Å². The maximum absolute atomic E-state index is 10.9. The number of thioether (sulfide) groups is 1. The van der Waals surface area contributed by atoms with Crippen LogP contribution in [0.25, 0.3) is 10.6 Å². The second-order valence-electron chi connectivity index (χ2n) is 4.14. The third-order valence-corrected chi connectivity index (χ3v) is 4.52. The Hall–Kier alpha value is -2.12. The van der Waals surface area contributed by atoms with Gasteiger partial charge in [-0.2, -0.15) is 0 Å². The van der Waals surface area contributed by atoms with Crippen LogP contribution in [0.5, 0.6) is 0 Å². The maximum atomic E-state index is 10.9. The zero-order chi connectivity index (χ0) is 14.7. The number of hydrogen-bond donors (Lipinski definition) is 1. The summed E-state index contributed by atoms with van der Waals surface area (Å²) in [6, 6.07) is 8.84. The number of thiophene rings is 1. The van der Waals surface area contributed by atoms with Crippen molar-refractivity contribution in [3.63, 3.8) is 0 Å². The molecule has 0 saturated carbocycles. The first-order chi connectivity index (χ1) is 10.2. The van der Waals surface area contributed by atoms with Gasteiger partial charge in [0.1, 0.15) is 0 Å². The van der Waals surface area contributed by atoms with E-state index in [9.17, 15) is 4.79 Å². The van der Waals surface area contributed by atoms with E-state index < -0.39 is 5.97 Å². The quantitative estimate of drug-likeness (QED) is 0.721. The fraction of sp³-hybridized carbons (Fsp3) is 0.0714. The van der Waals surface area contributed by atoms with E-state index in [1.807, 2.05) is 23.6 Å². The summed E-state index contributed by atoms with van der Waals surface area (Å²) in [6.45, 7) is 0. The molecule has 0 radical (unpaired) electrons. The average molecular weight is 318 g/mol. The van der Waals surface area contributed by atoms with Crippen LogP contribution in [0, 0.1) is 0 Å². The summed E-state index contributed by atoms with van der Waals surface area (Å²) in [5.41, 5.74) is 1.03. The van der Waals surface area contributed by atoms with Gasteiger partial charge in [-0.15, -0.1) is 11.3 Å². The van der Waals surface area contributed by atoms with Crippen LogP contribution in [0.1, 0.15) is 16.1 Å². The number of rotatable bonds is 5. The van der Waals surface area contributed by atoms with Gasteiger partial charge in [-0.1, -0.05) is 23.0 Å². The molecule has 0 aliphatic heterocycles. The SMILES string of the molecule is O=C(O)c1ccnc(SCc2cc(-c3cccs3)on2)c1. The summed E-state index contributed by atoms with van der Waals surface area (Å²) >= 11 is 3.01. The van der Waals surface area contributed by atoms with Crippen LogP contribution < -0.4 is 0 Å². The van der Waals surface area contributed by atoms with Gasteiger partial charge in [0.2, 0.25) is 0 Å². The molecule has 5 nitrogen and oxygen atoms in total. The van der Waals surface area contributed by atoms with Crippen LogP contribution in [-0.4, -0.2) is 21.2 Å². The Labute approximate surface area is 128 Å². The molecule has 3 aromatic heterocycles. The third kappa shape index (κ3) is 3.32. The minimum Gasteiger partial charge on any atom is -0.478 e. The zero-order valence-electron chi connectivity index (χ0n) is 10.7. The van der Waals surface area contributed by atoms with Crippen LogP contribution >= 0.6 is 23.1 Å². The average Bonchev–Trinajstić information content (AvgIpc) is 3.16. The number of carboxylic acid groups (broad SMARTS) is 1. The second kappa shape index (κ2) is 6.11. The van der Waals surface area contributed by atoms with Gasteiger partial charge in [-0.3, -0.25) is 0 Å². The summed E-state index contributed by atoms with van der Waals surface area (Å²) in [7, 11) is 0. The Balaban J connectivity index is 1.68. The smallest absolute Gasteiger partial charge is 0.335 e. The number of aromatic carboxylic acids is 1. The topological polar surface area (TPSA) is 76.2 Å². The lowest BCUT2D eigenvalue weighted by Crippen LogP contribution is -1.96. The molecule has 0 saturated heterocycles. The normalized spacial score (nSPS) is 10.7. The highest BCUT2D eigenvalue weighted by Crippen LogP contribution is 2.27. The summed E-state index contributed by atoms with van der Waals surface area (Å²) in [4.78, 5) is 16.1. The molecule has 0 fully saturated rings. The van der Waals surface area contributed by atoms with E-state index in [0.717, 1.165) is 16.3 Å². The molecule has 106 valence electrons. The lowest BCUT2D eigenvalue weighted by molar-refractivity contribution is 0.0696. The van der Waals surface area contributed by atoms with Crippen molar-refractivity contribution in [2.75, 3.05) is 0 Å². The van der Waals surface area contributed by atoms with E-state index in [4.69, 9.17) is 9.63 Å². The molecule has 0 atom stereocenters. The number of aromatic nitrogens is 2. The van der Waals surface area contributed by atoms with Crippen LogP contribution in [0.3, 0.4) is 0 Å². The molecular formula is C14H10N2O3S2. The minimum atomic E-state index is -0.958. The summed E-state index contributed by atoms with van der Waals surface area (Å²) in [6.07, 6.45) is 1.49. The Bertz CT molecular complexity index is 753. The van der Waals surface area contributed by atoms with E-state index in [2.05, 4.69) is 10.1 Å². The Morgan fingerprint density at radius 3 is 3.05 bits per heavy atom. The number of hydrogen-bond acceptors (Lipinski definition) is 6. The third-order valence-electron chi connectivity index (χ3n) is 2.67. The number of nitrogens with zero attached hydrogens (tertiary/aromatic N) is 2. The van der Waals surface area contributed by atoms with Crippen molar-refractivity contribution < 1.29 is 14.4 Å². The van der Waals surface area contributed by atoms with Crippen molar-refractivity contribution >= 4 is 29.1 Å². The monoisotopic (exact) mass is 318 g/mol. The molecule has 0 amide bonds. The molecule has 0 unspecified atom stereocenters. The Kier molecular flexibility index (Phi) is 4.03. The molecule has 0 aliphatic carbocycles. The Morgan fingerprint density at radius 2 is 2.29 bits per heavy atom. The molecular weight excluding hydrogens is 308 g/mol. The molecule has 0 spiro atoms. The largest absolute Gasteiger partial charge is 0.478 e. The van der Waals surface area contributed by atoms with Crippen molar-refractivity contribution in [2.24, 2.45) is 0 Å². The number of carboxylic acids is 1. The first-order valence-electron chi connectivity index (χ1n) is 6.04. The van der Waals surface area contributed by atoms with E-state index in [1.54, 1.807) is 17.4 Å². The van der Waals surface area contributed by atoms with Crippen molar-refractivity contribution in [1.29, 1.82) is 0 Å². The molecule has 0 aliphatic rings. The van der Waals surface area contributed by atoms with E-state index in [-0.39, 0.29) is 5.56 Å². The predicted octanol–water partition coefficient (Wildman–Crippen LogP) is 3.79. The molecule has 21 heavy (non-hydrogen) atoms. The standard InChI is InChI=1S/C14H10N2O3S2/c17-14(18)9-3-4-15-13(6-9)21-8-10-7-11(19-16-10)12-2-1-5-20-12/h1-7H,8H2,(H,17,18). The van der Waals surface area contributed by atoms with Gasteiger partial charge in [0.05, 0.1) is 21.2 Å². The summed E-state index contributed by atoms with van der Waals surface area (Å²) in [5, 5.41) is 15.6. The predicted molar refractivity (Wildman–Crippen MR) is 80.6 cm³/mol. The first-order valence-corrected chi connectivity index (χ1v) is 7.90. The van der Waals surface area contributed by atoms with Gasteiger partial charge in [0.15, 0.2) is 5.76 Å². The van der Waals surface area contributed by atoms with Crippen LogP contribution in [0.4, 0.5) is 0 Å². The highest BCUT2D eigenvalue weighted by atomic mass is 32.2. The molecule has 3 heterocycles. The molecule has 3 rings (SSSR count). The van der Waals surface area contributed by atoms with Crippen LogP contribution in [0.15, 0.2) is 51.5 Å². The number of pyridine rings is 1. The minimum absolute atomic E-state index is 0.229. The first kappa shape index (κ1) is 13.8. The van der Waals surface area contributed by atoms with E-state index >= 15 is 0 Å². The van der Waals surface area contributed by atoms with Crippen molar-refractivity contribution in [3.8, 4) is 10.6 Å². The summed E-state index contributed by atoms with van der Waals surface area (Å²) < 4.78 is 5.29. The van der Waals surface area contributed by atoms with Gasteiger partial charge in [-0.05, 0) is 23.6 Å². The van der Waals surface area contributed by atoms with E-state index in [1.165, 1.54) is 24.0 Å². The van der Waals surface area contributed by atoms with Crippen molar-refractivity contribution in [2.45, 2.75) is 10.8 Å². The van der Waals surface area contributed by atoms with Crippen LogP contribution in [-0.2, 0) is 5.75 Å². The highest BCUT2D eigenvalue weighted by Gasteiger charge is 2.09. The van der Waals surface area contributed by atoms with E-state index in [0.29, 0.717) is 10.8 Å². The van der Waals surface area contributed by atoms with Gasteiger partial charge in [-0.25, -0.2) is 9.78 Å². The van der Waals surface area contributed by atoms with Gasteiger partial charge >= 0.3 is 5.97 Å². The zero-order valence-corrected chi connectivity index (χ0v) is 12.4. The van der Waals surface area contributed by atoms with Crippen molar-refractivity contribution in [1.82, 2.24) is 10.1 Å². The molecule has 0 aromatic carbocycles. The fourth-order valence-electron chi connectivity index (χ4n) is 1.68. The molecule has 0 bridgehead atoms. The van der Waals surface area contributed by atoms with Crippen molar-refractivity contribution in [3.05, 3.63) is 53.2 Å². The van der Waals surface area contributed by atoms with Crippen LogP contribution in [0.2, 0.25) is 0 Å². The molecule has 1 N–H and O–H groups in total. The lowest BCUT2D eigenvalue weighted by Gasteiger charge is -1.99.